The van der Waals surface area contributed by atoms with Crippen LogP contribution in [0.15, 0.2) is 30.6 Å². The van der Waals surface area contributed by atoms with Crippen molar-refractivity contribution in [3.05, 3.63) is 30.6 Å². The molecule has 0 spiro atoms. The zero-order valence-corrected chi connectivity index (χ0v) is 10.5. The third-order valence-electron chi connectivity index (χ3n) is 3.74. The summed E-state index contributed by atoms with van der Waals surface area (Å²) in [6.45, 7) is 2.23. The highest BCUT2D eigenvalue weighted by Gasteiger charge is 2.29. The summed E-state index contributed by atoms with van der Waals surface area (Å²) >= 11 is 0. The zero-order valence-electron chi connectivity index (χ0n) is 10.5. The monoisotopic (exact) mass is 242 g/mol. The highest BCUT2D eigenvalue weighted by atomic mass is 15.3. The molecule has 0 radical (unpaired) electrons. The fourth-order valence-electron chi connectivity index (χ4n) is 2.26. The van der Waals surface area contributed by atoms with E-state index in [9.17, 15) is 0 Å². The van der Waals surface area contributed by atoms with Crippen LogP contribution in [0.1, 0.15) is 25.8 Å². The molecule has 0 aliphatic heterocycles. The predicted molar refractivity (Wildman–Crippen MR) is 73.9 cm³/mol. The minimum Gasteiger partial charge on any atom is -0.397 e. The van der Waals surface area contributed by atoms with Gasteiger partial charge in [-0.15, -0.1) is 0 Å². The standard InChI is InChI=1S/C14H18N4/c1-9(10-2-3-10)18-8-12(7-17-18)11-4-5-13(15)14(16)6-11/h4-10H,2-3,15-16H2,1H3. The third kappa shape index (κ3) is 1.94. The average Bonchev–Trinajstić information content (AvgIpc) is 3.09. The van der Waals surface area contributed by atoms with Gasteiger partial charge in [-0.1, -0.05) is 6.07 Å². The summed E-state index contributed by atoms with van der Waals surface area (Å²) < 4.78 is 2.06. The van der Waals surface area contributed by atoms with E-state index < -0.39 is 0 Å². The van der Waals surface area contributed by atoms with E-state index in [0.717, 1.165) is 17.0 Å². The Morgan fingerprint density at radius 2 is 2.00 bits per heavy atom. The highest BCUT2D eigenvalue weighted by molar-refractivity contribution is 5.73. The van der Waals surface area contributed by atoms with Crippen LogP contribution in [0.3, 0.4) is 0 Å². The van der Waals surface area contributed by atoms with Crippen molar-refractivity contribution in [1.82, 2.24) is 9.78 Å². The Bertz CT molecular complexity index is 569. The molecule has 0 amide bonds. The van der Waals surface area contributed by atoms with Crippen LogP contribution in [0, 0.1) is 5.92 Å². The van der Waals surface area contributed by atoms with Gasteiger partial charge in [0.15, 0.2) is 0 Å². The molecule has 0 bridgehead atoms. The van der Waals surface area contributed by atoms with E-state index in [1.807, 2.05) is 24.4 Å². The molecule has 1 aliphatic carbocycles. The van der Waals surface area contributed by atoms with E-state index in [-0.39, 0.29) is 0 Å². The van der Waals surface area contributed by atoms with Crippen molar-refractivity contribution in [3.63, 3.8) is 0 Å². The number of hydrogen-bond acceptors (Lipinski definition) is 3. The lowest BCUT2D eigenvalue weighted by Crippen LogP contribution is -2.06. The largest absolute Gasteiger partial charge is 0.397 e. The van der Waals surface area contributed by atoms with E-state index in [1.165, 1.54) is 12.8 Å². The second-order valence-corrected chi connectivity index (χ2v) is 5.13. The second-order valence-electron chi connectivity index (χ2n) is 5.13. The summed E-state index contributed by atoms with van der Waals surface area (Å²) in [5.74, 6) is 0.800. The van der Waals surface area contributed by atoms with Gasteiger partial charge in [0.05, 0.1) is 23.6 Å². The fraction of sp³-hybridized carbons (Fsp3) is 0.357. The topological polar surface area (TPSA) is 69.9 Å². The number of nitrogen functional groups attached to an aromatic ring is 2. The van der Waals surface area contributed by atoms with Crippen molar-refractivity contribution >= 4 is 11.4 Å². The lowest BCUT2D eigenvalue weighted by molar-refractivity contribution is 0.440. The van der Waals surface area contributed by atoms with Crippen LogP contribution in [0.5, 0.6) is 0 Å². The molecule has 1 aromatic heterocycles. The lowest BCUT2D eigenvalue weighted by Gasteiger charge is -2.09. The van der Waals surface area contributed by atoms with Crippen molar-refractivity contribution in [1.29, 1.82) is 0 Å². The number of nitrogens with two attached hydrogens (primary N) is 2. The first kappa shape index (κ1) is 11.1. The van der Waals surface area contributed by atoms with Gasteiger partial charge in [-0.05, 0) is 43.4 Å². The van der Waals surface area contributed by atoms with Gasteiger partial charge >= 0.3 is 0 Å². The number of aromatic nitrogens is 2. The Morgan fingerprint density at radius 3 is 2.67 bits per heavy atom. The maximum absolute atomic E-state index is 5.83. The smallest absolute Gasteiger partial charge is 0.0568 e. The highest BCUT2D eigenvalue weighted by Crippen LogP contribution is 2.39. The molecule has 0 saturated heterocycles. The van der Waals surface area contributed by atoms with E-state index in [4.69, 9.17) is 11.5 Å². The number of anilines is 2. The van der Waals surface area contributed by atoms with Crippen LogP contribution in [0.2, 0.25) is 0 Å². The Morgan fingerprint density at radius 1 is 1.22 bits per heavy atom. The van der Waals surface area contributed by atoms with Gasteiger partial charge in [-0.2, -0.15) is 5.10 Å². The van der Waals surface area contributed by atoms with Gasteiger partial charge in [0.25, 0.3) is 0 Å². The number of rotatable bonds is 3. The Labute approximate surface area is 107 Å². The molecule has 1 heterocycles. The molecule has 94 valence electrons. The van der Waals surface area contributed by atoms with Crippen molar-refractivity contribution in [3.8, 4) is 11.1 Å². The first-order valence-corrected chi connectivity index (χ1v) is 6.34. The van der Waals surface area contributed by atoms with Gasteiger partial charge in [-0.3, -0.25) is 4.68 Å². The Kier molecular flexibility index (Phi) is 2.51. The minimum atomic E-state index is 0.491. The molecule has 1 atom stereocenters. The van der Waals surface area contributed by atoms with Gasteiger partial charge < -0.3 is 11.5 Å². The maximum atomic E-state index is 5.83. The molecule has 1 aromatic carbocycles. The molecule has 1 fully saturated rings. The first-order chi connectivity index (χ1) is 8.65. The number of hydrogen-bond donors (Lipinski definition) is 2. The normalized spacial score (nSPS) is 16.7. The molecule has 2 aromatic rings. The molecule has 1 aliphatic rings. The van der Waals surface area contributed by atoms with Gasteiger partial charge in [0, 0.05) is 11.8 Å². The molecule has 4 nitrogen and oxygen atoms in total. The summed E-state index contributed by atoms with van der Waals surface area (Å²) in [6.07, 6.45) is 6.63. The molecule has 18 heavy (non-hydrogen) atoms. The summed E-state index contributed by atoms with van der Waals surface area (Å²) in [7, 11) is 0. The minimum absolute atomic E-state index is 0.491. The van der Waals surface area contributed by atoms with Crippen molar-refractivity contribution < 1.29 is 0 Å². The van der Waals surface area contributed by atoms with Crippen molar-refractivity contribution in [2.24, 2.45) is 5.92 Å². The molecule has 1 saturated carbocycles. The van der Waals surface area contributed by atoms with Crippen LogP contribution in [0.25, 0.3) is 11.1 Å². The SMILES string of the molecule is CC(C1CC1)n1cc(-c2ccc(N)c(N)c2)cn1. The van der Waals surface area contributed by atoms with Crippen molar-refractivity contribution in [2.45, 2.75) is 25.8 Å². The summed E-state index contributed by atoms with van der Waals surface area (Å²) in [6, 6.07) is 6.21. The quantitative estimate of drug-likeness (QED) is 0.813. The van der Waals surface area contributed by atoms with E-state index in [2.05, 4.69) is 22.9 Å². The summed E-state index contributed by atoms with van der Waals surface area (Å²) in [5, 5.41) is 4.45. The van der Waals surface area contributed by atoms with Gasteiger partial charge in [0.2, 0.25) is 0 Å². The number of nitrogens with zero attached hydrogens (tertiary/aromatic N) is 2. The molecular weight excluding hydrogens is 224 g/mol. The van der Waals surface area contributed by atoms with Crippen molar-refractivity contribution in [2.75, 3.05) is 11.5 Å². The molecule has 4 heteroatoms. The van der Waals surface area contributed by atoms with Gasteiger partial charge in [-0.25, -0.2) is 0 Å². The fourth-order valence-corrected chi connectivity index (χ4v) is 2.26. The van der Waals surface area contributed by atoms with Crippen LogP contribution < -0.4 is 11.5 Å². The van der Waals surface area contributed by atoms with Crippen LogP contribution >= 0.6 is 0 Å². The van der Waals surface area contributed by atoms with Crippen LogP contribution in [0.4, 0.5) is 11.4 Å². The van der Waals surface area contributed by atoms with Crippen LogP contribution in [-0.4, -0.2) is 9.78 Å². The maximum Gasteiger partial charge on any atom is 0.0568 e. The first-order valence-electron chi connectivity index (χ1n) is 6.34. The second kappa shape index (κ2) is 4.05. The molecule has 3 rings (SSSR count). The third-order valence-corrected chi connectivity index (χ3v) is 3.74. The zero-order chi connectivity index (χ0) is 12.7. The molecule has 1 unspecified atom stereocenters. The summed E-state index contributed by atoms with van der Waals surface area (Å²) in [4.78, 5) is 0. The molecular formula is C14H18N4. The average molecular weight is 242 g/mol. The Hall–Kier alpha value is -1.97. The lowest BCUT2D eigenvalue weighted by atomic mass is 10.1. The Balaban J connectivity index is 1.89. The predicted octanol–water partition coefficient (Wildman–Crippen LogP) is 2.69. The van der Waals surface area contributed by atoms with E-state index in [0.29, 0.717) is 17.4 Å². The van der Waals surface area contributed by atoms with Crippen LogP contribution in [-0.2, 0) is 0 Å². The van der Waals surface area contributed by atoms with E-state index >= 15 is 0 Å². The van der Waals surface area contributed by atoms with E-state index in [1.54, 1.807) is 0 Å². The summed E-state index contributed by atoms with van der Waals surface area (Å²) in [5.41, 5.74) is 15.0. The van der Waals surface area contributed by atoms with Gasteiger partial charge in [0.1, 0.15) is 0 Å². The number of benzene rings is 1. The molecule has 4 N–H and O–H groups in total.